The normalized spacial score (nSPS) is 27.7. The van der Waals surface area contributed by atoms with Gasteiger partial charge in [0, 0.05) is 24.5 Å². The molecule has 1 spiro atoms. The van der Waals surface area contributed by atoms with Gasteiger partial charge in [-0.2, -0.15) is 0 Å². The summed E-state index contributed by atoms with van der Waals surface area (Å²) in [5, 5.41) is 15.3. The Morgan fingerprint density at radius 3 is 2.48 bits per heavy atom. The van der Waals surface area contributed by atoms with Crippen LogP contribution in [0.15, 0.2) is 42.5 Å². The molecular formula is C33H43N3O6. The minimum atomic E-state index is -1.08. The number of hydrogen-bond acceptors (Lipinski definition) is 6. The number of nitrogens with zero attached hydrogens (tertiary/aromatic N) is 1. The topological polar surface area (TPSA) is 117 Å². The molecular weight excluding hydrogens is 534 g/mol. The lowest BCUT2D eigenvalue weighted by Crippen LogP contribution is -2.53. The van der Waals surface area contributed by atoms with E-state index in [9.17, 15) is 14.4 Å². The molecule has 9 nitrogen and oxygen atoms in total. The number of anilines is 2. The van der Waals surface area contributed by atoms with E-state index in [1.54, 1.807) is 29.2 Å². The van der Waals surface area contributed by atoms with Crippen LogP contribution in [-0.4, -0.2) is 64.7 Å². The largest absolute Gasteiger partial charge is 0.494 e. The van der Waals surface area contributed by atoms with E-state index < -0.39 is 29.1 Å². The molecule has 42 heavy (non-hydrogen) atoms. The molecule has 0 saturated carbocycles. The summed E-state index contributed by atoms with van der Waals surface area (Å²) < 4.78 is 12.2. The Kier molecular flexibility index (Phi) is 8.62. The van der Waals surface area contributed by atoms with Crippen LogP contribution in [0.2, 0.25) is 0 Å². The Morgan fingerprint density at radius 2 is 1.76 bits per heavy atom. The zero-order chi connectivity index (χ0) is 30.1. The molecule has 3 N–H and O–H groups in total. The second-order valence-corrected chi connectivity index (χ2v) is 12.2. The number of nitrogens with one attached hydrogen (secondary N) is 2. The van der Waals surface area contributed by atoms with E-state index in [1.807, 2.05) is 45.9 Å². The van der Waals surface area contributed by atoms with E-state index >= 15 is 0 Å². The van der Waals surface area contributed by atoms with Crippen LogP contribution in [0.3, 0.4) is 0 Å². The molecule has 0 radical (unpaired) electrons. The van der Waals surface area contributed by atoms with Crippen molar-refractivity contribution in [2.75, 3.05) is 30.4 Å². The number of fused-ring (bicyclic) bond motifs is 1. The second-order valence-electron chi connectivity index (χ2n) is 12.2. The third kappa shape index (κ3) is 5.40. The summed E-state index contributed by atoms with van der Waals surface area (Å²) >= 11 is 0. The number of benzene rings is 2. The molecule has 2 aromatic carbocycles. The molecule has 3 amide bonds. The number of unbranched alkanes of at least 4 members (excludes halogenated alkanes) is 3. The molecule has 5 atom stereocenters. The van der Waals surface area contributed by atoms with Gasteiger partial charge in [0.05, 0.1) is 24.0 Å². The predicted octanol–water partition coefficient (Wildman–Crippen LogP) is 4.60. The number of amides is 3. The molecule has 226 valence electrons. The van der Waals surface area contributed by atoms with Crippen molar-refractivity contribution in [2.24, 2.45) is 11.8 Å². The molecule has 3 aliphatic rings. The second kappa shape index (κ2) is 12.1. The summed E-state index contributed by atoms with van der Waals surface area (Å²) in [6.07, 6.45) is 4.17. The summed E-state index contributed by atoms with van der Waals surface area (Å²) in [7, 11) is 0. The van der Waals surface area contributed by atoms with Gasteiger partial charge < -0.3 is 30.1 Å². The van der Waals surface area contributed by atoms with E-state index in [1.165, 1.54) is 0 Å². The highest BCUT2D eigenvalue weighted by molar-refractivity contribution is 6.05. The summed E-state index contributed by atoms with van der Waals surface area (Å²) in [6, 6.07) is 12.2. The number of ether oxygens (including phenoxy) is 2. The monoisotopic (exact) mass is 577 g/mol. The van der Waals surface area contributed by atoms with Gasteiger partial charge >= 0.3 is 0 Å². The number of carbonyl (C=O) groups excluding carboxylic acids is 3. The number of aliphatic hydroxyl groups excluding tert-OH is 1. The molecule has 3 fully saturated rings. The standard InChI is InChI=1S/C33H43N3O6/c1-5-41-24-14-12-23(13-15-24)34-29(38)26-27-31(40)36(18-8-6-7-9-19-37)28(33(27)17-16-32(26,4)42-33)30(39)35-25-20-21(2)10-11-22(25)3/h10-15,20,26-28,37H,5-9,16-19H2,1-4H3,(H,34,38)(H,35,39)/t26-,27+,28?,32+,33?/m1/s1. The Morgan fingerprint density at radius 1 is 1.02 bits per heavy atom. The van der Waals surface area contributed by atoms with E-state index in [4.69, 9.17) is 14.6 Å². The Bertz CT molecular complexity index is 1330. The summed E-state index contributed by atoms with van der Waals surface area (Å²) in [5.41, 5.74) is 1.32. The first-order valence-electron chi connectivity index (χ1n) is 15.2. The quantitative estimate of drug-likeness (QED) is 0.318. The van der Waals surface area contributed by atoms with Gasteiger partial charge in [-0.15, -0.1) is 0 Å². The molecule has 2 unspecified atom stereocenters. The fourth-order valence-electron chi connectivity index (χ4n) is 7.21. The van der Waals surface area contributed by atoms with Gasteiger partial charge in [0.1, 0.15) is 17.4 Å². The molecule has 3 aliphatic heterocycles. The number of carbonyl (C=O) groups is 3. The first kappa shape index (κ1) is 30.0. The first-order valence-corrected chi connectivity index (χ1v) is 15.2. The van der Waals surface area contributed by atoms with Crippen molar-refractivity contribution in [1.82, 2.24) is 4.90 Å². The summed E-state index contributed by atoms with van der Waals surface area (Å²) in [4.78, 5) is 43.9. The van der Waals surface area contributed by atoms with Crippen LogP contribution in [0.5, 0.6) is 5.75 Å². The Labute approximate surface area is 248 Å². The van der Waals surface area contributed by atoms with E-state index in [2.05, 4.69) is 10.6 Å². The minimum Gasteiger partial charge on any atom is -0.494 e. The van der Waals surface area contributed by atoms with Crippen molar-refractivity contribution in [1.29, 1.82) is 0 Å². The van der Waals surface area contributed by atoms with Crippen LogP contribution in [0.4, 0.5) is 11.4 Å². The third-order valence-corrected chi connectivity index (χ3v) is 9.20. The SMILES string of the molecule is CCOc1ccc(NC(=O)[C@H]2[C@H]3C(=O)N(CCCCCCO)C(C(=O)Nc4cc(C)ccc4C)C34CC[C@]2(C)O4)cc1. The van der Waals surface area contributed by atoms with Crippen molar-refractivity contribution in [3.8, 4) is 5.75 Å². The Hall–Kier alpha value is -3.43. The Balaban J connectivity index is 1.44. The molecule has 0 aromatic heterocycles. The van der Waals surface area contributed by atoms with Crippen molar-refractivity contribution < 1.29 is 29.0 Å². The molecule has 3 heterocycles. The molecule has 2 bridgehead atoms. The highest BCUT2D eigenvalue weighted by Gasteiger charge is 2.77. The number of aryl methyl sites for hydroxylation is 2. The van der Waals surface area contributed by atoms with Crippen LogP contribution in [0, 0.1) is 25.7 Å². The molecule has 5 rings (SSSR count). The van der Waals surface area contributed by atoms with E-state index in [0.717, 1.165) is 24.0 Å². The number of rotatable bonds is 12. The zero-order valence-corrected chi connectivity index (χ0v) is 25.1. The fourth-order valence-corrected chi connectivity index (χ4v) is 7.21. The average Bonchev–Trinajstić information content (AvgIpc) is 3.52. The van der Waals surface area contributed by atoms with Crippen molar-refractivity contribution in [3.05, 3.63) is 53.6 Å². The van der Waals surface area contributed by atoms with Crippen molar-refractivity contribution >= 4 is 29.1 Å². The van der Waals surface area contributed by atoms with Crippen LogP contribution in [0.25, 0.3) is 0 Å². The van der Waals surface area contributed by atoms with Crippen LogP contribution < -0.4 is 15.4 Å². The summed E-state index contributed by atoms with van der Waals surface area (Å²) in [5.74, 6) is -1.55. The van der Waals surface area contributed by atoms with Gasteiger partial charge in [-0.05, 0) is 94.8 Å². The lowest BCUT2D eigenvalue weighted by atomic mass is 9.66. The maximum atomic E-state index is 14.2. The van der Waals surface area contributed by atoms with Crippen LogP contribution >= 0.6 is 0 Å². The molecule has 2 aromatic rings. The highest BCUT2D eigenvalue weighted by Crippen LogP contribution is 2.63. The molecule has 3 saturated heterocycles. The smallest absolute Gasteiger partial charge is 0.250 e. The van der Waals surface area contributed by atoms with Gasteiger partial charge in [0.25, 0.3) is 0 Å². The minimum absolute atomic E-state index is 0.131. The van der Waals surface area contributed by atoms with Crippen LogP contribution in [-0.2, 0) is 19.1 Å². The maximum absolute atomic E-state index is 14.2. The van der Waals surface area contributed by atoms with Crippen molar-refractivity contribution in [3.63, 3.8) is 0 Å². The first-order chi connectivity index (χ1) is 20.1. The number of likely N-dealkylation sites (tertiary alicyclic amines) is 1. The van der Waals surface area contributed by atoms with Crippen molar-refractivity contribution in [2.45, 2.75) is 83.5 Å². The van der Waals surface area contributed by atoms with Crippen LogP contribution in [0.1, 0.15) is 63.5 Å². The molecule has 9 heteroatoms. The average molecular weight is 578 g/mol. The summed E-state index contributed by atoms with van der Waals surface area (Å²) in [6.45, 7) is 8.79. The van der Waals surface area contributed by atoms with Gasteiger partial charge in [-0.1, -0.05) is 25.0 Å². The molecule has 0 aliphatic carbocycles. The number of hydrogen-bond donors (Lipinski definition) is 3. The van der Waals surface area contributed by atoms with Gasteiger partial charge in [0.2, 0.25) is 17.7 Å². The maximum Gasteiger partial charge on any atom is 0.250 e. The highest BCUT2D eigenvalue weighted by atomic mass is 16.5. The number of aliphatic hydroxyl groups is 1. The third-order valence-electron chi connectivity index (χ3n) is 9.20. The van der Waals surface area contributed by atoms with Gasteiger partial charge in [-0.25, -0.2) is 0 Å². The predicted molar refractivity (Wildman–Crippen MR) is 160 cm³/mol. The lowest BCUT2D eigenvalue weighted by Gasteiger charge is -2.33. The fraction of sp³-hybridized carbons (Fsp3) is 0.545. The van der Waals surface area contributed by atoms with E-state index in [-0.39, 0.29) is 24.3 Å². The lowest BCUT2D eigenvalue weighted by molar-refractivity contribution is -0.143. The van der Waals surface area contributed by atoms with Gasteiger partial charge in [-0.3, -0.25) is 14.4 Å². The zero-order valence-electron chi connectivity index (χ0n) is 25.1. The van der Waals surface area contributed by atoms with E-state index in [0.29, 0.717) is 56.0 Å². The van der Waals surface area contributed by atoms with Gasteiger partial charge in [0.15, 0.2) is 0 Å².